The molecule has 1 aromatic heterocycles. The Morgan fingerprint density at radius 2 is 1.74 bits per heavy atom. The molecule has 6 heteroatoms. The zero-order valence-corrected chi connectivity index (χ0v) is 14.2. The molecular weight excluding hydrogens is 411 g/mol. The molecule has 2 aromatic carbocycles. The van der Waals surface area contributed by atoms with Gasteiger partial charge in [-0.3, -0.25) is 4.57 Å². The van der Waals surface area contributed by atoms with Gasteiger partial charge in [-0.1, -0.05) is 43.5 Å². The molecule has 19 heavy (non-hydrogen) atoms. The van der Waals surface area contributed by atoms with E-state index in [1.165, 1.54) is 0 Å². The van der Waals surface area contributed by atoms with E-state index in [-0.39, 0.29) is 0 Å². The van der Waals surface area contributed by atoms with E-state index in [1.807, 2.05) is 41.0 Å². The van der Waals surface area contributed by atoms with Gasteiger partial charge in [0.15, 0.2) is 4.77 Å². The molecule has 0 atom stereocenters. The summed E-state index contributed by atoms with van der Waals surface area (Å²) in [4.78, 5) is 3.18. The van der Waals surface area contributed by atoms with Crippen LogP contribution in [0.4, 0.5) is 0 Å². The van der Waals surface area contributed by atoms with E-state index in [0.29, 0.717) is 9.79 Å². The van der Waals surface area contributed by atoms with Crippen LogP contribution in [0.3, 0.4) is 0 Å². The summed E-state index contributed by atoms with van der Waals surface area (Å²) < 4.78 is 4.49. The molecule has 0 unspecified atom stereocenters. The van der Waals surface area contributed by atoms with E-state index in [2.05, 4.69) is 36.8 Å². The van der Waals surface area contributed by atoms with Crippen LogP contribution in [0.25, 0.3) is 16.7 Å². The topological polar surface area (TPSA) is 20.7 Å². The molecule has 0 saturated heterocycles. The van der Waals surface area contributed by atoms with Crippen LogP contribution in [-0.4, -0.2) is 9.55 Å². The van der Waals surface area contributed by atoms with E-state index >= 15 is 0 Å². The number of rotatable bonds is 1. The van der Waals surface area contributed by atoms with Crippen LogP contribution < -0.4 is 0 Å². The first-order chi connectivity index (χ1) is 9.06. The Kier molecular flexibility index (Phi) is 3.55. The van der Waals surface area contributed by atoms with Crippen LogP contribution in [0.15, 0.2) is 45.3 Å². The number of aromatic nitrogens is 2. The molecule has 0 saturated carbocycles. The largest absolute Gasteiger partial charge is 0.330 e. The van der Waals surface area contributed by atoms with E-state index in [9.17, 15) is 0 Å². The Hall–Kier alpha value is -0.620. The van der Waals surface area contributed by atoms with Gasteiger partial charge in [0, 0.05) is 8.95 Å². The van der Waals surface area contributed by atoms with Crippen LogP contribution in [0.2, 0.25) is 5.02 Å². The molecular formula is C13H7Br2ClN2S. The maximum Gasteiger partial charge on any atom is 0.182 e. The van der Waals surface area contributed by atoms with Crippen LogP contribution in [-0.2, 0) is 0 Å². The van der Waals surface area contributed by atoms with E-state index in [1.54, 1.807) is 0 Å². The molecule has 1 N–H and O–H groups in total. The molecule has 3 rings (SSSR count). The highest BCUT2D eigenvalue weighted by Gasteiger charge is 2.10. The average molecular weight is 419 g/mol. The molecule has 0 radical (unpaired) electrons. The lowest BCUT2D eigenvalue weighted by molar-refractivity contribution is 1.06. The second-order valence-electron chi connectivity index (χ2n) is 4.02. The lowest BCUT2D eigenvalue weighted by Crippen LogP contribution is -1.95. The molecule has 0 amide bonds. The summed E-state index contributed by atoms with van der Waals surface area (Å²) in [7, 11) is 0. The number of H-pyrrole nitrogens is 1. The number of fused-ring (bicyclic) bond motifs is 1. The Morgan fingerprint density at radius 3 is 2.47 bits per heavy atom. The van der Waals surface area contributed by atoms with E-state index in [0.717, 1.165) is 25.7 Å². The molecule has 3 aromatic rings. The molecule has 0 aliphatic heterocycles. The number of aromatic amines is 1. The fourth-order valence-corrected chi connectivity index (χ4v) is 3.39. The van der Waals surface area contributed by atoms with Gasteiger partial charge >= 0.3 is 0 Å². The maximum atomic E-state index is 6.31. The molecule has 0 spiro atoms. The summed E-state index contributed by atoms with van der Waals surface area (Å²) in [5, 5.41) is 0.645. The summed E-state index contributed by atoms with van der Waals surface area (Å²) in [5.41, 5.74) is 2.83. The maximum absolute atomic E-state index is 6.31. The van der Waals surface area contributed by atoms with Crippen molar-refractivity contribution < 1.29 is 0 Å². The van der Waals surface area contributed by atoms with Crippen LogP contribution >= 0.6 is 55.7 Å². The number of hydrogen-bond donors (Lipinski definition) is 1. The van der Waals surface area contributed by atoms with Gasteiger partial charge in [0.25, 0.3) is 0 Å². The fourth-order valence-electron chi connectivity index (χ4n) is 1.98. The van der Waals surface area contributed by atoms with Crippen LogP contribution in [0.5, 0.6) is 0 Å². The predicted molar refractivity (Wildman–Crippen MR) is 88.9 cm³/mol. The number of benzene rings is 2. The summed E-state index contributed by atoms with van der Waals surface area (Å²) in [6.07, 6.45) is 0. The SMILES string of the molecule is S=c1[nH]c2ccc(Br)cc2n1-c1ccc(Br)cc1Cl. The monoisotopic (exact) mass is 416 g/mol. The molecule has 0 aliphatic rings. The molecule has 96 valence electrons. The first-order valence-corrected chi connectivity index (χ1v) is 7.79. The van der Waals surface area contributed by atoms with Crippen molar-refractivity contribution >= 4 is 66.7 Å². The minimum Gasteiger partial charge on any atom is -0.330 e. The van der Waals surface area contributed by atoms with Crippen molar-refractivity contribution in [3.63, 3.8) is 0 Å². The standard InChI is InChI=1S/C13H7Br2ClN2S/c14-7-2-4-11(9(16)5-7)18-12-6-8(15)1-3-10(12)17-13(18)19/h1-6H,(H,17,19). The van der Waals surface area contributed by atoms with Crippen molar-refractivity contribution in [1.82, 2.24) is 9.55 Å². The van der Waals surface area contributed by atoms with Gasteiger partial charge in [0.2, 0.25) is 0 Å². The Morgan fingerprint density at radius 1 is 1.05 bits per heavy atom. The normalized spacial score (nSPS) is 11.1. The van der Waals surface area contributed by atoms with Crippen molar-refractivity contribution in [2.24, 2.45) is 0 Å². The molecule has 0 bridgehead atoms. The third kappa shape index (κ3) is 2.40. The Balaban J connectivity index is 2.38. The second-order valence-corrected chi connectivity index (χ2v) is 6.65. The molecule has 2 nitrogen and oxygen atoms in total. The van der Waals surface area contributed by atoms with Gasteiger partial charge in [0.1, 0.15) is 0 Å². The fraction of sp³-hybridized carbons (Fsp3) is 0. The molecule has 0 fully saturated rings. The Bertz CT molecular complexity index is 838. The zero-order valence-electron chi connectivity index (χ0n) is 9.45. The third-order valence-electron chi connectivity index (χ3n) is 2.80. The second kappa shape index (κ2) is 5.05. The minimum absolute atomic E-state index is 0.623. The van der Waals surface area contributed by atoms with E-state index in [4.69, 9.17) is 23.8 Å². The van der Waals surface area contributed by atoms with Crippen LogP contribution in [0, 0.1) is 4.77 Å². The number of nitrogens with one attached hydrogen (secondary N) is 1. The van der Waals surface area contributed by atoms with Gasteiger partial charge in [0.05, 0.1) is 21.7 Å². The zero-order chi connectivity index (χ0) is 13.6. The van der Waals surface area contributed by atoms with Crippen molar-refractivity contribution in [2.45, 2.75) is 0 Å². The number of hydrogen-bond acceptors (Lipinski definition) is 1. The highest BCUT2D eigenvalue weighted by Crippen LogP contribution is 2.29. The minimum atomic E-state index is 0.623. The average Bonchev–Trinajstić information content (AvgIpc) is 2.65. The molecule has 0 aliphatic carbocycles. The third-order valence-corrected chi connectivity index (χ3v) is 4.37. The lowest BCUT2D eigenvalue weighted by atomic mass is 10.3. The van der Waals surface area contributed by atoms with Gasteiger partial charge in [-0.25, -0.2) is 0 Å². The van der Waals surface area contributed by atoms with Gasteiger partial charge in [-0.05, 0) is 48.6 Å². The summed E-state index contributed by atoms with van der Waals surface area (Å²) in [5.74, 6) is 0. The highest BCUT2D eigenvalue weighted by atomic mass is 79.9. The summed E-state index contributed by atoms with van der Waals surface area (Å²) >= 11 is 18.6. The van der Waals surface area contributed by atoms with E-state index < -0.39 is 0 Å². The summed E-state index contributed by atoms with van der Waals surface area (Å²) in [6.45, 7) is 0. The first kappa shape index (κ1) is 13.4. The van der Waals surface area contributed by atoms with Gasteiger partial charge in [-0.15, -0.1) is 0 Å². The quantitative estimate of drug-likeness (QED) is 0.491. The van der Waals surface area contributed by atoms with Gasteiger partial charge in [-0.2, -0.15) is 0 Å². The van der Waals surface area contributed by atoms with Crippen molar-refractivity contribution in [3.05, 3.63) is 55.1 Å². The summed E-state index contributed by atoms with van der Waals surface area (Å²) in [6, 6.07) is 11.7. The van der Waals surface area contributed by atoms with Gasteiger partial charge < -0.3 is 4.98 Å². The van der Waals surface area contributed by atoms with Crippen molar-refractivity contribution in [1.29, 1.82) is 0 Å². The predicted octanol–water partition coefficient (Wildman–Crippen LogP) is 5.87. The smallest absolute Gasteiger partial charge is 0.182 e. The van der Waals surface area contributed by atoms with Crippen LogP contribution in [0.1, 0.15) is 0 Å². The number of nitrogens with zero attached hydrogens (tertiary/aromatic N) is 1. The Labute approximate surface area is 136 Å². The lowest BCUT2D eigenvalue weighted by Gasteiger charge is -2.07. The number of imidazole rings is 1. The highest BCUT2D eigenvalue weighted by molar-refractivity contribution is 9.10. The first-order valence-electron chi connectivity index (χ1n) is 5.42. The van der Waals surface area contributed by atoms with Crippen molar-refractivity contribution in [2.75, 3.05) is 0 Å². The number of halogens is 3. The van der Waals surface area contributed by atoms with Crippen molar-refractivity contribution in [3.8, 4) is 5.69 Å². The molecule has 1 heterocycles.